The lowest BCUT2D eigenvalue weighted by Gasteiger charge is -2.34. The molecule has 0 aliphatic carbocycles. The highest BCUT2D eigenvalue weighted by atomic mass is 19.1. The molecule has 3 rings (SSSR count). The van der Waals surface area contributed by atoms with Crippen molar-refractivity contribution in [2.45, 2.75) is 18.8 Å². The zero-order valence-electron chi connectivity index (χ0n) is 12.2. The molecular formula is C18H20FNO. The number of aliphatic hydroxyl groups excluding tert-OH is 1. The average Bonchev–Trinajstić information content (AvgIpc) is 2.90. The molecule has 1 N–H and O–H groups in total. The van der Waals surface area contributed by atoms with Gasteiger partial charge in [-0.1, -0.05) is 43.3 Å². The van der Waals surface area contributed by atoms with E-state index in [9.17, 15) is 9.50 Å². The summed E-state index contributed by atoms with van der Waals surface area (Å²) in [6.45, 7) is 3.68. The first kappa shape index (κ1) is 14.1. The monoisotopic (exact) mass is 285 g/mol. The molecule has 0 fully saturated rings. The van der Waals surface area contributed by atoms with Gasteiger partial charge in [-0.2, -0.15) is 0 Å². The van der Waals surface area contributed by atoms with Crippen LogP contribution in [0.5, 0.6) is 0 Å². The van der Waals surface area contributed by atoms with Gasteiger partial charge in [0.05, 0.1) is 6.61 Å². The Morgan fingerprint density at radius 3 is 2.67 bits per heavy atom. The number of benzene rings is 2. The van der Waals surface area contributed by atoms with E-state index in [2.05, 4.69) is 11.8 Å². The number of anilines is 1. The van der Waals surface area contributed by atoms with Crippen LogP contribution in [0, 0.1) is 5.82 Å². The highest BCUT2D eigenvalue weighted by Gasteiger charge is 2.31. The lowest BCUT2D eigenvalue weighted by atomic mass is 9.82. The van der Waals surface area contributed by atoms with Crippen LogP contribution >= 0.6 is 0 Å². The van der Waals surface area contributed by atoms with Crippen LogP contribution in [-0.4, -0.2) is 24.8 Å². The van der Waals surface area contributed by atoms with E-state index in [1.54, 1.807) is 6.07 Å². The number of hydrogen-bond acceptors (Lipinski definition) is 2. The molecule has 1 aliphatic rings. The van der Waals surface area contributed by atoms with Crippen LogP contribution in [0.4, 0.5) is 10.1 Å². The summed E-state index contributed by atoms with van der Waals surface area (Å²) in [5.74, 6) is -0.203. The van der Waals surface area contributed by atoms with Crippen LogP contribution in [0.1, 0.15) is 18.1 Å². The molecular weight excluding hydrogens is 265 g/mol. The van der Waals surface area contributed by atoms with Crippen molar-refractivity contribution < 1.29 is 9.50 Å². The number of halogens is 1. The fraction of sp³-hybridized carbons (Fsp3) is 0.333. The second-order valence-corrected chi connectivity index (χ2v) is 6.03. The molecule has 0 radical (unpaired) electrons. The summed E-state index contributed by atoms with van der Waals surface area (Å²) in [4.78, 5) is 2.18. The first-order valence-corrected chi connectivity index (χ1v) is 7.32. The minimum atomic E-state index is -0.352. The third kappa shape index (κ3) is 2.66. The van der Waals surface area contributed by atoms with Gasteiger partial charge in [0, 0.05) is 24.2 Å². The Labute approximate surface area is 124 Å². The van der Waals surface area contributed by atoms with E-state index in [0.717, 1.165) is 24.2 Å². The predicted octanol–water partition coefficient (Wildman–Crippen LogP) is 3.14. The Balaban J connectivity index is 1.88. The van der Waals surface area contributed by atoms with Crippen LogP contribution in [0.25, 0.3) is 0 Å². The molecule has 110 valence electrons. The van der Waals surface area contributed by atoms with E-state index < -0.39 is 0 Å². The molecule has 2 aromatic carbocycles. The maximum Gasteiger partial charge on any atom is 0.125 e. The molecule has 2 aromatic rings. The zero-order chi connectivity index (χ0) is 14.9. The molecule has 0 aromatic heterocycles. The molecule has 0 spiro atoms. The smallest absolute Gasteiger partial charge is 0.125 e. The van der Waals surface area contributed by atoms with Crippen molar-refractivity contribution in [2.24, 2.45) is 0 Å². The van der Waals surface area contributed by atoms with Gasteiger partial charge in [0.15, 0.2) is 0 Å². The van der Waals surface area contributed by atoms with Crippen LogP contribution < -0.4 is 4.90 Å². The number of nitrogens with zero attached hydrogens (tertiary/aromatic N) is 1. The van der Waals surface area contributed by atoms with Crippen molar-refractivity contribution in [2.75, 3.05) is 24.6 Å². The summed E-state index contributed by atoms with van der Waals surface area (Å²) in [7, 11) is 0. The third-order valence-corrected chi connectivity index (χ3v) is 4.40. The second kappa shape index (κ2) is 5.49. The summed E-state index contributed by atoms with van der Waals surface area (Å²) < 4.78 is 13.5. The maximum absolute atomic E-state index is 13.5. The summed E-state index contributed by atoms with van der Waals surface area (Å²) >= 11 is 0. The zero-order valence-corrected chi connectivity index (χ0v) is 12.2. The van der Waals surface area contributed by atoms with Crippen molar-refractivity contribution in [1.29, 1.82) is 0 Å². The fourth-order valence-electron chi connectivity index (χ4n) is 3.08. The minimum absolute atomic E-state index is 0.0676. The summed E-state index contributed by atoms with van der Waals surface area (Å²) in [5.41, 5.74) is 2.91. The van der Waals surface area contributed by atoms with Crippen LogP contribution in [-0.2, 0) is 11.8 Å². The van der Waals surface area contributed by atoms with Crippen LogP contribution in [0.2, 0.25) is 0 Å². The molecule has 0 saturated carbocycles. The van der Waals surface area contributed by atoms with E-state index in [1.807, 2.05) is 36.4 Å². The van der Waals surface area contributed by atoms with E-state index in [0.29, 0.717) is 6.54 Å². The fourth-order valence-corrected chi connectivity index (χ4v) is 3.08. The van der Waals surface area contributed by atoms with Gasteiger partial charge in [-0.05, 0) is 29.7 Å². The number of hydrogen-bond donors (Lipinski definition) is 1. The van der Waals surface area contributed by atoms with Crippen LogP contribution in [0.15, 0.2) is 48.5 Å². The Kier molecular flexibility index (Phi) is 3.68. The quantitative estimate of drug-likeness (QED) is 0.933. The molecule has 0 saturated heterocycles. The average molecular weight is 285 g/mol. The van der Waals surface area contributed by atoms with E-state index in [1.165, 1.54) is 11.6 Å². The lowest BCUT2D eigenvalue weighted by molar-refractivity contribution is 0.208. The van der Waals surface area contributed by atoms with Crippen LogP contribution in [0.3, 0.4) is 0 Å². The molecule has 2 nitrogen and oxygen atoms in total. The normalized spacial score (nSPS) is 16.6. The van der Waals surface area contributed by atoms with Gasteiger partial charge in [0.25, 0.3) is 0 Å². The summed E-state index contributed by atoms with van der Waals surface area (Å²) in [6, 6.07) is 15.0. The highest BCUT2D eigenvalue weighted by Crippen LogP contribution is 2.33. The largest absolute Gasteiger partial charge is 0.395 e. The van der Waals surface area contributed by atoms with Crippen molar-refractivity contribution in [3.63, 3.8) is 0 Å². The predicted molar refractivity (Wildman–Crippen MR) is 83.2 cm³/mol. The molecule has 1 unspecified atom stereocenters. The van der Waals surface area contributed by atoms with E-state index >= 15 is 0 Å². The first-order valence-electron chi connectivity index (χ1n) is 7.32. The number of rotatable bonds is 4. The SMILES string of the molecule is CC(CO)(CN1CCc2ccc(F)cc21)c1ccccc1. The van der Waals surface area contributed by atoms with Crippen molar-refractivity contribution in [3.05, 3.63) is 65.5 Å². The van der Waals surface area contributed by atoms with E-state index in [-0.39, 0.29) is 17.8 Å². The van der Waals surface area contributed by atoms with Crippen molar-refractivity contribution in [1.82, 2.24) is 0 Å². The van der Waals surface area contributed by atoms with Gasteiger partial charge in [-0.3, -0.25) is 0 Å². The van der Waals surface area contributed by atoms with Crippen molar-refractivity contribution in [3.8, 4) is 0 Å². The van der Waals surface area contributed by atoms with Gasteiger partial charge in [-0.25, -0.2) is 4.39 Å². The van der Waals surface area contributed by atoms with Gasteiger partial charge >= 0.3 is 0 Å². The third-order valence-electron chi connectivity index (χ3n) is 4.40. The molecule has 0 bridgehead atoms. The summed E-state index contributed by atoms with van der Waals surface area (Å²) in [6.07, 6.45) is 0.936. The Bertz CT molecular complexity index is 628. The first-order chi connectivity index (χ1) is 10.1. The van der Waals surface area contributed by atoms with Crippen molar-refractivity contribution >= 4 is 5.69 Å². The Morgan fingerprint density at radius 1 is 1.19 bits per heavy atom. The van der Waals surface area contributed by atoms with Gasteiger partial charge in [-0.15, -0.1) is 0 Å². The Morgan fingerprint density at radius 2 is 1.95 bits per heavy atom. The molecule has 0 amide bonds. The molecule has 1 atom stereocenters. The molecule has 21 heavy (non-hydrogen) atoms. The van der Waals surface area contributed by atoms with Gasteiger partial charge in [0.2, 0.25) is 0 Å². The topological polar surface area (TPSA) is 23.5 Å². The second-order valence-electron chi connectivity index (χ2n) is 6.03. The Hall–Kier alpha value is -1.87. The minimum Gasteiger partial charge on any atom is -0.395 e. The highest BCUT2D eigenvalue weighted by molar-refractivity contribution is 5.58. The lowest BCUT2D eigenvalue weighted by Crippen LogP contribution is -2.41. The standard InChI is InChI=1S/C18H20FNO/c1-18(13-21,15-5-3-2-4-6-15)12-20-10-9-14-7-8-16(19)11-17(14)20/h2-8,11,21H,9-10,12-13H2,1H3. The number of aliphatic hydroxyl groups is 1. The van der Waals surface area contributed by atoms with E-state index in [4.69, 9.17) is 0 Å². The van der Waals surface area contributed by atoms with Gasteiger partial charge < -0.3 is 10.0 Å². The molecule has 1 aliphatic heterocycles. The molecule has 1 heterocycles. The maximum atomic E-state index is 13.5. The number of fused-ring (bicyclic) bond motifs is 1. The molecule has 3 heteroatoms. The van der Waals surface area contributed by atoms with Gasteiger partial charge in [0.1, 0.15) is 5.82 Å². The summed E-state index contributed by atoms with van der Waals surface area (Å²) in [5, 5.41) is 9.90.